The molecule has 0 saturated heterocycles. The quantitative estimate of drug-likeness (QED) is 0.578. The van der Waals surface area contributed by atoms with E-state index in [2.05, 4.69) is 10.3 Å². The van der Waals surface area contributed by atoms with E-state index < -0.39 is 5.82 Å². The van der Waals surface area contributed by atoms with Crippen molar-refractivity contribution in [2.45, 2.75) is 18.2 Å². The molecule has 24 heavy (non-hydrogen) atoms. The lowest BCUT2D eigenvalue weighted by molar-refractivity contribution is 0.102. The van der Waals surface area contributed by atoms with Crippen LogP contribution in [-0.4, -0.2) is 15.3 Å². The highest BCUT2D eigenvalue weighted by molar-refractivity contribution is 8.03. The molecule has 0 aliphatic carbocycles. The fourth-order valence-electron chi connectivity index (χ4n) is 2.40. The number of nitrogens with one attached hydrogen (secondary N) is 1. The third-order valence-corrected chi connectivity index (χ3v) is 4.08. The maximum absolute atomic E-state index is 13.5. The summed E-state index contributed by atoms with van der Waals surface area (Å²) in [7, 11) is 0. The molecule has 0 fully saturated rings. The van der Waals surface area contributed by atoms with Gasteiger partial charge in [-0.15, -0.1) is 0 Å². The number of halogens is 1. The summed E-state index contributed by atoms with van der Waals surface area (Å²) in [5, 5.41) is 13.4. The fraction of sp³-hybridized carbons (Fsp3) is 0.118. The monoisotopic (exact) mass is 340 g/mol. The van der Waals surface area contributed by atoms with Crippen LogP contribution in [0.5, 0.6) is 0 Å². The number of hydrogen-bond acceptors (Lipinski definition) is 4. The number of nitrogens with zero attached hydrogens (tertiary/aromatic N) is 3. The summed E-state index contributed by atoms with van der Waals surface area (Å²) >= 11 is 1.05. The summed E-state index contributed by atoms with van der Waals surface area (Å²) in [5.74, 6) is -0.792. The van der Waals surface area contributed by atoms with Crippen LogP contribution in [0, 0.1) is 16.5 Å². The van der Waals surface area contributed by atoms with E-state index in [4.69, 9.17) is 5.26 Å². The molecule has 0 saturated carbocycles. The Kier molecular flexibility index (Phi) is 4.49. The number of nitriles is 1. The van der Waals surface area contributed by atoms with E-state index in [1.807, 2.05) is 12.3 Å². The van der Waals surface area contributed by atoms with Crippen LogP contribution >= 0.6 is 11.8 Å². The lowest BCUT2D eigenvalue weighted by atomic mass is 10.2. The number of thiocyanates is 1. The van der Waals surface area contributed by atoms with Crippen molar-refractivity contribution in [3.63, 3.8) is 0 Å². The fourth-order valence-corrected chi connectivity index (χ4v) is 2.78. The van der Waals surface area contributed by atoms with Gasteiger partial charge in [-0.3, -0.25) is 9.20 Å². The number of rotatable bonds is 4. The topological polar surface area (TPSA) is 70.2 Å². The maximum Gasteiger partial charge on any atom is 0.274 e. The van der Waals surface area contributed by atoms with Gasteiger partial charge in [-0.25, -0.2) is 9.37 Å². The van der Waals surface area contributed by atoms with E-state index in [-0.39, 0.29) is 5.91 Å². The number of amides is 1. The molecule has 0 aliphatic heterocycles. The van der Waals surface area contributed by atoms with Gasteiger partial charge in [0, 0.05) is 16.8 Å². The Morgan fingerprint density at radius 2 is 2.08 bits per heavy atom. The number of carbonyl (C=O) groups excluding carboxylic acids is 1. The number of anilines is 1. The SMILES string of the molecule is CCc1nc2ccc(F)cn2c1C(=O)Nc1ccc(SC#N)cc1. The molecule has 3 rings (SSSR count). The number of fused-ring (bicyclic) bond motifs is 1. The largest absolute Gasteiger partial charge is 0.321 e. The van der Waals surface area contributed by atoms with E-state index in [1.165, 1.54) is 16.7 Å². The van der Waals surface area contributed by atoms with Gasteiger partial charge < -0.3 is 5.32 Å². The number of aryl methyl sites for hydroxylation is 1. The normalized spacial score (nSPS) is 10.5. The molecule has 3 aromatic rings. The molecule has 2 aromatic heterocycles. The molecule has 5 nitrogen and oxygen atoms in total. The summed E-state index contributed by atoms with van der Waals surface area (Å²) in [4.78, 5) is 17.8. The number of hydrogen-bond donors (Lipinski definition) is 1. The second kappa shape index (κ2) is 6.72. The molecule has 0 aliphatic rings. The van der Waals surface area contributed by atoms with Crippen molar-refractivity contribution in [1.29, 1.82) is 5.26 Å². The average molecular weight is 340 g/mol. The van der Waals surface area contributed by atoms with Crippen LogP contribution in [-0.2, 0) is 6.42 Å². The molecule has 2 heterocycles. The molecule has 0 bridgehead atoms. The lowest BCUT2D eigenvalue weighted by Gasteiger charge is -2.07. The van der Waals surface area contributed by atoms with Crippen LogP contribution in [0.1, 0.15) is 23.1 Å². The molecule has 120 valence electrons. The zero-order chi connectivity index (χ0) is 17.1. The first kappa shape index (κ1) is 16.0. The first-order valence-corrected chi connectivity index (χ1v) is 8.08. The third-order valence-electron chi connectivity index (χ3n) is 3.48. The van der Waals surface area contributed by atoms with Crippen LogP contribution in [0.4, 0.5) is 10.1 Å². The number of imidazole rings is 1. The minimum atomic E-state index is -0.436. The molecule has 0 radical (unpaired) electrons. The molecule has 1 aromatic carbocycles. The molecule has 1 amide bonds. The van der Waals surface area contributed by atoms with Gasteiger partial charge in [-0.05, 0) is 54.6 Å². The predicted molar refractivity (Wildman–Crippen MR) is 90.4 cm³/mol. The summed E-state index contributed by atoms with van der Waals surface area (Å²) in [5.41, 5.74) is 2.05. The van der Waals surface area contributed by atoms with Crippen molar-refractivity contribution >= 4 is 29.0 Å². The van der Waals surface area contributed by atoms with Gasteiger partial charge in [0.1, 0.15) is 22.6 Å². The highest BCUT2D eigenvalue weighted by atomic mass is 32.2. The number of thioether (sulfide) groups is 1. The summed E-state index contributed by atoms with van der Waals surface area (Å²) in [6.07, 6.45) is 1.81. The molecule has 7 heteroatoms. The van der Waals surface area contributed by atoms with Gasteiger partial charge in [0.25, 0.3) is 5.91 Å². The Balaban J connectivity index is 1.93. The van der Waals surface area contributed by atoms with E-state index in [0.717, 1.165) is 16.7 Å². The minimum Gasteiger partial charge on any atom is -0.321 e. The van der Waals surface area contributed by atoms with Crippen LogP contribution in [0.3, 0.4) is 0 Å². The zero-order valence-corrected chi connectivity index (χ0v) is 13.6. The van der Waals surface area contributed by atoms with E-state index >= 15 is 0 Å². The molecule has 0 unspecified atom stereocenters. The van der Waals surface area contributed by atoms with Crippen molar-refractivity contribution in [3.8, 4) is 5.40 Å². The summed E-state index contributed by atoms with van der Waals surface area (Å²) in [6.45, 7) is 1.89. The van der Waals surface area contributed by atoms with E-state index in [9.17, 15) is 9.18 Å². The smallest absolute Gasteiger partial charge is 0.274 e. The lowest BCUT2D eigenvalue weighted by Crippen LogP contribution is -2.16. The summed E-state index contributed by atoms with van der Waals surface area (Å²) in [6, 6.07) is 9.78. The molecule has 0 spiro atoms. The number of aromatic nitrogens is 2. The first-order valence-electron chi connectivity index (χ1n) is 7.26. The van der Waals surface area contributed by atoms with Crippen LogP contribution < -0.4 is 5.32 Å². The van der Waals surface area contributed by atoms with Gasteiger partial charge in [-0.1, -0.05) is 6.92 Å². The second-order valence-electron chi connectivity index (χ2n) is 5.01. The van der Waals surface area contributed by atoms with Gasteiger partial charge in [0.05, 0.1) is 5.69 Å². The summed E-state index contributed by atoms with van der Waals surface area (Å²) < 4.78 is 15.0. The Labute approximate surface area is 142 Å². The molecule has 1 N–H and O–H groups in total. The van der Waals surface area contributed by atoms with Crippen molar-refractivity contribution in [1.82, 2.24) is 9.38 Å². The van der Waals surface area contributed by atoms with Crippen LogP contribution in [0.15, 0.2) is 47.5 Å². The molecule has 0 atom stereocenters. The van der Waals surface area contributed by atoms with Gasteiger partial charge in [0.2, 0.25) is 0 Å². The predicted octanol–water partition coefficient (Wildman–Crippen LogP) is 3.86. The Morgan fingerprint density at radius 3 is 2.75 bits per heavy atom. The average Bonchev–Trinajstić information content (AvgIpc) is 2.94. The van der Waals surface area contributed by atoms with Crippen LogP contribution in [0.2, 0.25) is 0 Å². The van der Waals surface area contributed by atoms with E-state index in [1.54, 1.807) is 30.3 Å². The van der Waals surface area contributed by atoms with Gasteiger partial charge in [0.15, 0.2) is 0 Å². The van der Waals surface area contributed by atoms with Gasteiger partial charge in [-0.2, -0.15) is 5.26 Å². The Hall–Kier alpha value is -2.85. The van der Waals surface area contributed by atoms with Crippen molar-refractivity contribution in [3.05, 3.63) is 59.8 Å². The minimum absolute atomic E-state index is 0.322. The number of benzene rings is 1. The highest BCUT2D eigenvalue weighted by Crippen LogP contribution is 2.21. The maximum atomic E-state index is 13.5. The van der Waals surface area contributed by atoms with Crippen molar-refractivity contribution < 1.29 is 9.18 Å². The number of pyridine rings is 1. The third kappa shape index (κ3) is 3.09. The van der Waals surface area contributed by atoms with E-state index in [0.29, 0.717) is 29.1 Å². The van der Waals surface area contributed by atoms with Crippen molar-refractivity contribution in [2.75, 3.05) is 5.32 Å². The highest BCUT2D eigenvalue weighted by Gasteiger charge is 2.18. The molecular formula is C17H13FN4OS. The van der Waals surface area contributed by atoms with Crippen LogP contribution in [0.25, 0.3) is 5.65 Å². The van der Waals surface area contributed by atoms with Crippen molar-refractivity contribution in [2.24, 2.45) is 0 Å². The zero-order valence-electron chi connectivity index (χ0n) is 12.8. The molecular weight excluding hydrogens is 327 g/mol. The Bertz CT molecular complexity index is 944. The first-order chi connectivity index (χ1) is 11.6. The van der Waals surface area contributed by atoms with Gasteiger partial charge >= 0.3 is 0 Å². The number of carbonyl (C=O) groups is 1. The second-order valence-corrected chi connectivity index (χ2v) is 5.87. The standard InChI is InChI=1S/C17H13FN4OS/c1-2-14-16(22-9-11(18)3-8-15(22)21-14)17(23)20-12-4-6-13(7-5-12)24-10-19/h3-9H,2H2,1H3,(H,20,23). The Morgan fingerprint density at radius 1 is 1.33 bits per heavy atom.